The monoisotopic (exact) mass is 317 g/mol. The van der Waals surface area contributed by atoms with Gasteiger partial charge in [-0.2, -0.15) is 0 Å². The van der Waals surface area contributed by atoms with Crippen molar-refractivity contribution in [1.29, 1.82) is 0 Å². The minimum absolute atomic E-state index is 0.00654. The van der Waals surface area contributed by atoms with Crippen LogP contribution >= 0.6 is 0 Å². The molecule has 1 aromatic carbocycles. The van der Waals surface area contributed by atoms with Crippen LogP contribution in [0.3, 0.4) is 0 Å². The number of hydrogen-bond donors (Lipinski definition) is 1. The third kappa shape index (κ3) is 3.39. The molecule has 0 bridgehead atoms. The zero-order chi connectivity index (χ0) is 17.0. The van der Waals surface area contributed by atoms with Gasteiger partial charge in [-0.1, -0.05) is 19.1 Å². The van der Waals surface area contributed by atoms with Gasteiger partial charge in [-0.05, 0) is 25.5 Å². The topological polar surface area (TPSA) is 88.1 Å². The smallest absolute Gasteiger partial charge is 0.335 e. The normalized spacial score (nSPS) is 19.9. The molecule has 1 aliphatic rings. The Labute approximate surface area is 134 Å². The highest BCUT2D eigenvalue weighted by atomic mass is 16.5. The number of nitrogens with one attached hydrogen (secondary N) is 1. The van der Waals surface area contributed by atoms with E-state index in [2.05, 4.69) is 10.3 Å². The van der Waals surface area contributed by atoms with Crippen LogP contribution in [0.2, 0.25) is 0 Å². The van der Waals surface area contributed by atoms with Gasteiger partial charge < -0.3 is 4.74 Å². The van der Waals surface area contributed by atoms with Gasteiger partial charge in [0.25, 0.3) is 5.91 Å². The average Bonchev–Trinajstić information content (AvgIpc) is 2.54. The fourth-order valence-corrected chi connectivity index (χ4v) is 2.10. The second-order valence-electron chi connectivity index (χ2n) is 5.17. The maximum Gasteiger partial charge on any atom is 0.335 e. The summed E-state index contributed by atoms with van der Waals surface area (Å²) in [6, 6.07) is 5.81. The van der Waals surface area contributed by atoms with Crippen LogP contribution in [-0.4, -0.2) is 37.2 Å². The van der Waals surface area contributed by atoms with E-state index in [0.29, 0.717) is 5.75 Å². The van der Waals surface area contributed by atoms with E-state index in [9.17, 15) is 14.4 Å². The highest BCUT2D eigenvalue weighted by molar-refractivity contribution is 6.32. The van der Waals surface area contributed by atoms with Crippen molar-refractivity contribution in [2.75, 3.05) is 12.0 Å². The van der Waals surface area contributed by atoms with Gasteiger partial charge in [-0.3, -0.25) is 19.9 Å². The molecule has 0 aromatic heterocycles. The number of amides is 4. The lowest BCUT2D eigenvalue weighted by molar-refractivity contribution is -0.131. The number of imide groups is 2. The minimum atomic E-state index is -1.13. The van der Waals surface area contributed by atoms with Gasteiger partial charge in [0.2, 0.25) is 5.91 Å². The Balaban J connectivity index is 2.36. The average molecular weight is 317 g/mol. The first kappa shape index (κ1) is 16.7. The molecule has 2 rings (SSSR count). The number of hydrogen-bond acceptors (Lipinski definition) is 5. The van der Waals surface area contributed by atoms with Gasteiger partial charge in [0, 0.05) is 12.3 Å². The van der Waals surface area contributed by atoms with Gasteiger partial charge in [0.05, 0.1) is 12.8 Å². The molecule has 1 fully saturated rings. The predicted molar refractivity (Wildman–Crippen MR) is 85.8 cm³/mol. The summed E-state index contributed by atoms with van der Waals surface area (Å²) >= 11 is 0. The number of benzene rings is 1. The van der Waals surface area contributed by atoms with E-state index in [1.54, 1.807) is 24.3 Å². The van der Waals surface area contributed by atoms with Crippen LogP contribution in [-0.2, 0) is 9.59 Å². The van der Waals surface area contributed by atoms with E-state index < -0.39 is 23.8 Å². The second kappa shape index (κ2) is 7.04. The number of rotatable bonds is 5. The SMILES string of the molecule is CC[C@@H](C)N=CC1C(=O)NC(=O)N(c2ccccc2OC)C1=O. The molecule has 23 heavy (non-hydrogen) atoms. The predicted octanol–water partition coefficient (Wildman–Crippen LogP) is 1.76. The van der Waals surface area contributed by atoms with E-state index in [-0.39, 0.29) is 11.7 Å². The Morgan fingerprint density at radius 1 is 1.35 bits per heavy atom. The summed E-state index contributed by atoms with van der Waals surface area (Å²) in [7, 11) is 1.44. The van der Waals surface area contributed by atoms with Crippen LogP contribution in [0.15, 0.2) is 29.3 Å². The number of ether oxygens (including phenoxy) is 1. The van der Waals surface area contributed by atoms with E-state index in [1.807, 2.05) is 13.8 Å². The van der Waals surface area contributed by atoms with Crippen molar-refractivity contribution in [3.8, 4) is 5.75 Å². The van der Waals surface area contributed by atoms with Gasteiger partial charge in [-0.15, -0.1) is 0 Å². The first-order chi connectivity index (χ1) is 11.0. The summed E-state index contributed by atoms with van der Waals surface area (Å²) in [5, 5.41) is 2.18. The van der Waals surface area contributed by atoms with Gasteiger partial charge in [0.15, 0.2) is 5.92 Å². The Hall–Kier alpha value is -2.70. The first-order valence-corrected chi connectivity index (χ1v) is 7.34. The molecule has 0 spiro atoms. The van der Waals surface area contributed by atoms with Crippen LogP contribution in [0.4, 0.5) is 10.5 Å². The molecule has 1 heterocycles. The van der Waals surface area contributed by atoms with Crippen LogP contribution < -0.4 is 15.0 Å². The van der Waals surface area contributed by atoms with Crippen molar-refractivity contribution >= 4 is 29.7 Å². The molecule has 1 N–H and O–H groups in total. The van der Waals surface area contributed by atoms with Gasteiger partial charge in [-0.25, -0.2) is 9.69 Å². The lowest BCUT2D eigenvalue weighted by Crippen LogP contribution is -2.58. The number of para-hydroxylation sites is 2. The Bertz CT molecular complexity index is 656. The van der Waals surface area contributed by atoms with Crippen molar-refractivity contribution in [2.45, 2.75) is 26.3 Å². The molecule has 1 saturated heterocycles. The Morgan fingerprint density at radius 2 is 2.04 bits per heavy atom. The van der Waals surface area contributed by atoms with Crippen LogP contribution in [0.5, 0.6) is 5.75 Å². The maximum absolute atomic E-state index is 12.6. The molecule has 7 heteroatoms. The molecule has 1 aromatic rings. The van der Waals surface area contributed by atoms with E-state index in [0.717, 1.165) is 11.3 Å². The number of nitrogens with zero attached hydrogens (tertiary/aromatic N) is 2. The molecule has 0 radical (unpaired) electrons. The minimum Gasteiger partial charge on any atom is -0.495 e. The fraction of sp³-hybridized carbons (Fsp3) is 0.375. The first-order valence-electron chi connectivity index (χ1n) is 7.34. The van der Waals surface area contributed by atoms with Gasteiger partial charge >= 0.3 is 6.03 Å². The number of barbiturate groups is 1. The van der Waals surface area contributed by atoms with Crippen molar-refractivity contribution in [3.63, 3.8) is 0 Å². The third-order valence-corrected chi connectivity index (χ3v) is 3.61. The van der Waals surface area contributed by atoms with Crippen LogP contribution in [0.25, 0.3) is 0 Å². The molecule has 1 aliphatic heterocycles. The van der Waals surface area contributed by atoms with Gasteiger partial charge in [0.1, 0.15) is 5.75 Å². The second-order valence-corrected chi connectivity index (χ2v) is 5.17. The van der Waals surface area contributed by atoms with E-state index in [1.165, 1.54) is 13.3 Å². The lowest BCUT2D eigenvalue weighted by Gasteiger charge is -2.29. The lowest BCUT2D eigenvalue weighted by atomic mass is 10.1. The molecule has 0 aliphatic carbocycles. The molecule has 7 nitrogen and oxygen atoms in total. The zero-order valence-corrected chi connectivity index (χ0v) is 13.3. The quantitative estimate of drug-likeness (QED) is 0.662. The largest absolute Gasteiger partial charge is 0.495 e. The fourth-order valence-electron chi connectivity index (χ4n) is 2.10. The zero-order valence-electron chi connectivity index (χ0n) is 13.3. The standard InChI is InChI=1S/C16H19N3O4/c1-4-10(2)17-9-11-14(20)18-16(22)19(15(11)21)12-7-5-6-8-13(12)23-3/h5-11H,4H2,1-3H3,(H,18,20,22)/t10-,11?/m1/s1. The number of methoxy groups -OCH3 is 1. The number of aliphatic imine (C=N–C) groups is 1. The van der Waals surface area contributed by atoms with Crippen molar-refractivity contribution < 1.29 is 19.1 Å². The summed E-state index contributed by atoms with van der Waals surface area (Å²) in [6.07, 6.45) is 2.09. The number of carbonyl (C=O) groups excluding carboxylic acids is 3. The summed E-state index contributed by atoms with van der Waals surface area (Å²) in [4.78, 5) is 41.8. The summed E-state index contributed by atoms with van der Waals surface area (Å²) in [5.74, 6) is -2.08. The molecular formula is C16H19N3O4. The third-order valence-electron chi connectivity index (χ3n) is 3.61. The molecule has 0 saturated carbocycles. The summed E-state index contributed by atoms with van der Waals surface area (Å²) < 4.78 is 5.18. The Kier molecular flexibility index (Phi) is 5.10. The number of carbonyl (C=O) groups is 3. The van der Waals surface area contributed by atoms with E-state index in [4.69, 9.17) is 4.74 Å². The Morgan fingerprint density at radius 3 is 2.70 bits per heavy atom. The van der Waals surface area contributed by atoms with E-state index >= 15 is 0 Å². The molecule has 4 amide bonds. The van der Waals surface area contributed by atoms with Crippen molar-refractivity contribution in [3.05, 3.63) is 24.3 Å². The summed E-state index contributed by atoms with van der Waals surface area (Å²) in [5.41, 5.74) is 0.284. The molecule has 1 unspecified atom stereocenters. The molecule has 122 valence electrons. The van der Waals surface area contributed by atoms with Crippen LogP contribution in [0.1, 0.15) is 20.3 Å². The maximum atomic E-state index is 12.6. The molecular weight excluding hydrogens is 298 g/mol. The number of anilines is 1. The van der Waals surface area contributed by atoms with Crippen molar-refractivity contribution in [1.82, 2.24) is 5.32 Å². The van der Waals surface area contributed by atoms with Crippen molar-refractivity contribution in [2.24, 2.45) is 10.9 Å². The van der Waals surface area contributed by atoms with Crippen LogP contribution in [0, 0.1) is 5.92 Å². The summed E-state index contributed by atoms with van der Waals surface area (Å²) in [6.45, 7) is 3.83. The molecule has 2 atom stereocenters. The highest BCUT2D eigenvalue weighted by Crippen LogP contribution is 2.30. The highest BCUT2D eigenvalue weighted by Gasteiger charge is 2.41. The number of urea groups is 1.